The number of hydrogen-bond donors (Lipinski definition) is 1. The summed E-state index contributed by atoms with van der Waals surface area (Å²) in [6.07, 6.45) is 8.00. The van der Waals surface area contributed by atoms with Crippen LogP contribution in [0.15, 0.2) is 18.2 Å². The van der Waals surface area contributed by atoms with Gasteiger partial charge in [-0.15, -0.1) is 12.8 Å². The quantitative estimate of drug-likeness (QED) is 0.603. The van der Waals surface area contributed by atoms with Crippen molar-refractivity contribution in [3.05, 3.63) is 34.6 Å². The van der Waals surface area contributed by atoms with E-state index in [1.807, 2.05) is 0 Å². The van der Waals surface area contributed by atoms with E-state index >= 15 is 0 Å². The van der Waals surface area contributed by atoms with Gasteiger partial charge in [0.2, 0.25) is 0 Å². The molecule has 0 atom stereocenters. The van der Waals surface area contributed by atoms with E-state index in [9.17, 15) is 9.18 Å². The van der Waals surface area contributed by atoms with E-state index in [0.717, 1.165) is 6.07 Å². The van der Waals surface area contributed by atoms with Crippen molar-refractivity contribution < 1.29 is 14.3 Å². The van der Waals surface area contributed by atoms with Crippen LogP contribution in [0.1, 0.15) is 10.4 Å². The van der Waals surface area contributed by atoms with Gasteiger partial charge in [-0.3, -0.25) is 4.79 Å². The summed E-state index contributed by atoms with van der Waals surface area (Å²) in [4.78, 5) is 10.8. The molecule has 0 aliphatic heterocycles. The summed E-state index contributed by atoms with van der Waals surface area (Å²) in [6.45, 7) is -0.624. The van der Waals surface area contributed by atoms with Gasteiger partial charge in [0.15, 0.2) is 5.78 Å². The summed E-state index contributed by atoms with van der Waals surface area (Å²) >= 11 is 5.38. The molecule has 1 N–H and O–H groups in total. The Morgan fingerprint density at radius 3 is 2.50 bits per heavy atom. The number of rotatable bonds is 2. The average Bonchev–Trinajstić information content (AvgIpc) is 2.24. The number of benzene rings is 1. The summed E-state index contributed by atoms with van der Waals surface area (Å²) in [5.41, 5.74) is 0.124. The maximum absolute atomic E-state index is 12.7. The Morgan fingerprint density at radius 1 is 1.50 bits per heavy atom. The zero-order chi connectivity index (χ0) is 11.1. The Morgan fingerprint density at radius 2 is 2.07 bits per heavy atom. The molecule has 0 aliphatic rings. The molecule has 0 spiro atoms. The van der Waals surface area contributed by atoms with Crippen molar-refractivity contribution in [2.24, 2.45) is 0 Å². The summed E-state index contributed by atoms with van der Waals surface area (Å²) in [5, 5.41) is 8.41. The van der Waals surface area contributed by atoms with Crippen LogP contribution in [0.2, 0.25) is 5.02 Å². The highest BCUT2D eigenvalue weighted by Gasteiger charge is 2.06. The minimum absolute atomic E-state index is 0.0375. The van der Waals surface area contributed by atoms with Gasteiger partial charge in [0.1, 0.15) is 12.4 Å². The first-order chi connectivity index (χ1) is 6.65. The van der Waals surface area contributed by atoms with Crippen LogP contribution in [0, 0.1) is 18.7 Å². The molecule has 1 rings (SSSR count). The van der Waals surface area contributed by atoms with Crippen LogP contribution in [-0.4, -0.2) is 17.5 Å². The molecule has 0 aliphatic carbocycles. The number of hydrogen-bond acceptors (Lipinski definition) is 2. The number of Topliss-reactive ketones (excluding diaryl/α,β-unsaturated/α-hetero) is 1. The minimum Gasteiger partial charge on any atom is -0.388 e. The van der Waals surface area contributed by atoms with Crippen molar-refractivity contribution in [1.29, 1.82) is 0 Å². The number of carbonyl (C=O) groups excluding carboxylic acids is 1. The first-order valence-electron chi connectivity index (χ1n) is 3.57. The fourth-order valence-electron chi connectivity index (χ4n) is 0.761. The molecule has 14 heavy (non-hydrogen) atoms. The molecule has 0 saturated heterocycles. The number of terminal acetylenes is 1. The standard InChI is InChI=1S/C8H6ClFO2.C2H2/c9-6-2-1-5(3-7(6)10)8(12)4-11;1-2/h1-3,11H,4H2;1-2H. The number of aliphatic hydroxyl groups is 1. The van der Waals surface area contributed by atoms with Crippen LogP contribution in [-0.2, 0) is 0 Å². The lowest BCUT2D eigenvalue weighted by Gasteiger charge is -1.98. The van der Waals surface area contributed by atoms with Gasteiger partial charge in [-0.2, -0.15) is 0 Å². The molecule has 0 amide bonds. The predicted octanol–water partition coefficient (Wildman–Crippen LogP) is 1.90. The highest BCUT2D eigenvalue weighted by atomic mass is 35.5. The van der Waals surface area contributed by atoms with Crippen molar-refractivity contribution in [2.45, 2.75) is 0 Å². The molecule has 0 unspecified atom stereocenters. The van der Waals surface area contributed by atoms with Crippen LogP contribution >= 0.6 is 11.6 Å². The molecule has 74 valence electrons. The van der Waals surface area contributed by atoms with E-state index in [4.69, 9.17) is 16.7 Å². The van der Waals surface area contributed by atoms with E-state index in [-0.39, 0.29) is 10.6 Å². The van der Waals surface area contributed by atoms with E-state index in [2.05, 4.69) is 12.8 Å². The fraction of sp³-hybridized carbons (Fsp3) is 0.100. The monoisotopic (exact) mass is 214 g/mol. The smallest absolute Gasteiger partial charge is 0.188 e. The zero-order valence-corrected chi connectivity index (χ0v) is 7.96. The maximum Gasteiger partial charge on any atom is 0.188 e. The molecule has 0 heterocycles. The number of aliphatic hydroxyl groups excluding tert-OH is 1. The summed E-state index contributed by atoms with van der Waals surface area (Å²) < 4.78 is 12.7. The van der Waals surface area contributed by atoms with E-state index < -0.39 is 18.2 Å². The summed E-state index contributed by atoms with van der Waals surface area (Å²) in [6, 6.07) is 3.64. The second-order valence-corrected chi connectivity index (χ2v) is 2.62. The number of ketones is 1. The molecule has 4 heteroatoms. The summed E-state index contributed by atoms with van der Waals surface area (Å²) in [5.74, 6) is -1.18. The van der Waals surface area contributed by atoms with Gasteiger partial charge >= 0.3 is 0 Å². The van der Waals surface area contributed by atoms with Gasteiger partial charge in [0.25, 0.3) is 0 Å². The number of carbonyl (C=O) groups is 1. The molecule has 1 aromatic rings. The van der Waals surface area contributed by atoms with E-state index in [1.54, 1.807) is 0 Å². The molecule has 0 fully saturated rings. The van der Waals surface area contributed by atoms with Crippen LogP contribution in [0.5, 0.6) is 0 Å². The van der Waals surface area contributed by atoms with Gasteiger partial charge in [-0.25, -0.2) is 4.39 Å². The highest BCUT2D eigenvalue weighted by molar-refractivity contribution is 6.30. The molecule has 1 aromatic carbocycles. The first kappa shape index (κ1) is 12.6. The van der Waals surface area contributed by atoms with Gasteiger partial charge in [-0.1, -0.05) is 11.6 Å². The van der Waals surface area contributed by atoms with Crippen molar-refractivity contribution >= 4 is 17.4 Å². The lowest BCUT2D eigenvalue weighted by atomic mass is 10.1. The lowest BCUT2D eigenvalue weighted by Crippen LogP contribution is -2.04. The third-order valence-corrected chi connectivity index (χ3v) is 1.69. The third kappa shape index (κ3) is 3.17. The Hall–Kier alpha value is -1.37. The molecular formula is C10H8ClFO2. The molecule has 2 nitrogen and oxygen atoms in total. The Labute approximate surface area is 86.3 Å². The van der Waals surface area contributed by atoms with Crippen molar-refractivity contribution in [2.75, 3.05) is 6.61 Å². The molecule has 0 saturated carbocycles. The van der Waals surface area contributed by atoms with Crippen molar-refractivity contribution in [3.63, 3.8) is 0 Å². The maximum atomic E-state index is 12.7. The molecule has 0 radical (unpaired) electrons. The molecular weight excluding hydrogens is 207 g/mol. The van der Waals surface area contributed by atoms with Crippen LogP contribution in [0.25, 0.3) is 0 Å². The molecule has 0 aromatic heterocycles. The second-order valence-electron chi connectivity index (χ2n) is 2.21. The zero-order valence-electron chi connectivity index (χ0n) is 7.21. The average molecular weight is 215 g/mol. The largest absolute Gasteiger partial charge is 0.388 e. The van der Waals surface area contributed by atoms with E-state index in [1.165, 1.54) is 12.1 Å². The van der Waals surface area contributed by atoms with Crippen LogP contribution in [0.3, 0.4) is 0 Å². The van der Waals surface area contributed by atoms with E-state index in [0.29, 0.717) is 0 Å². The lowest BCUT2D eigenvalue weighted by molar-refractivity contribution is 0.0903. The fourth-order valence-corrected chi connectivity index (χ4v) is 0.878. The summed E-state index contributed by atoms with van der Waals surface area (Å²) in [7, 11) is 0. The van der Waals surface area contributed by atoms with Crippen LogP contribution < -0.4 is 0 Å². The predicted molar refractivity (Wildman–Crippen MR) is 52.7 cm³/mol. The second kappa shape index (κ2) is 6.14. The Bertz CT molecular complexity index is 347. The minimum atomic E-state index is -0.657. The molecule has 0 bridgehead atoms. The number of halogens is 2. The van der Waals surface area contributed by atoms with Gasteiger partial charge < -0.3 is 5.11 Å². The SMILES string of the molecule is C#C.O=C(CO)c1ccc(Cl)c(F)c1. The van der Waals surface area contributed by atoms with Crippen molar-refractivity contribution in [1.82, 2.24) is 0 Å². The van der Waals surface area contributed by atoms with Gasteiger partial charge in [0, 0.05) is 5.56 Å². The Kier molecular flexibility index (Phi) is 5.54. The normalized spacial score (nSPS) is 8.64. The topological polar surface area (TPSA) is 37.3 Å². The van der Waals surface area contributed by atoms with Crippen LogP contribution in [0.4, 0.5) is 4.39 Å². The Balaban J connectivity index is 0.000000791. The van der Waals surface area contributed by atoms with Gasteiger partial charge in [0.05, 0.1) is 5.02 Å². The van der Waals surface area contributed by atoms with Crippen molar-refractivity contribution in [3.8, 4) is 12.8 Å². The highest BCUT2D eigenvalue weighted by Crippen LogP contribution is 2.15. The first-order valence-corrected chi connectivity index (χ1v) is 3.95. The van der Waals surface area contributed by atoms with Gasteiger partial charge in [-0.05, 0) is 18.2 Å². The third-order valence-electron chi connectivity index (χ3n) is 1.39.